The van der Waals surface area contributed by atoms with E-state index < -0.39 is 23.6 Å². The van der Waals surface area contributed by atoms with E-state index in [0.717, 1.165) is 12.6 Å². The Hall–Kier alpha value is -2.57. The number of hydrogen-bond acceptors (Lipinski definition) is 5. The van der Waals surface area contributed by atoms with Crippen LogP contribution in [-0.4, -0.2) is 22.5 Å². The molecule has 7 heteroatoms. The highest BCUT2D eigenvalue weighted by molar-refractivity contribution is 5.91. The smallest absolute Gasteiger partial charge is 0.345 e. The van der Waals surface area contributed by atoms with Crippen LogP contribution in [0, 0.1) is 5.92 Å². The van der Waals surface area contributed by atoms with Crippen molar-refractivity contribution < 1.29 is 23.0 Å². The molecule has 0 N–H and O–H groups in total. The molecular weight excluding hydrogens is 330 g/mol. The number of aromatic nitrogens is 2. The van der Waals surface area contributed by atoms with Gasteiger partial charge in [0.25, 0.3) is 0 Å². The van der Waals surface area contributed by atoms with Gasteiger partial charge in [-0.3, -0.25) is 0 Å². The van der Waals surface area contributed by atoms with Crippen LogP contribution in [-0.2, 0) is 10.7 Å². The lowest BCUT2D eigenvalue weighted by atomic mass is 9.80. The zero-order chi connectivity index (χ0) is 17.9. The molecule has 1 saturated carbocycles. The summed E-state index contributed by atoms with van der Waals surface area (Å²) in [6, 6.07) is 8.52. The molecule has 1 aliphatic rings. The first-order valence-corrected chi connectivity index (χ1v) is 8.17. The van der Waals surface area contributed by atoms with Crippen LogP contribution in [0.4, 0.5) is 8.78 Å². The average molecular weight is 348 g/mol. The van der Waals surface area contributed by atoms with Crippen LogP contribution in [0.15, 0.2) is 36.5 Å². The molecule has 1 heterocycles. The highest BCUT2D eigenvalue weighted by Crippen LogP contribution is 2.45. The normalized spacial score (nSPS) is 14.7. The summed E-state index contributed by atoms with van der Waals surface area (Å²) in [5.41, 5.74) is -0.0844. The van der Waals surface area contributed by atoms with Gasteiger partial charge in [0.2, 0.25) is 11.7 Å². The Kier molecular flexibility index (Phi) is 4.92. The molecule has 0 radical (unpaired) electrons. The maximum Gasteiger partial charge on any atom is 0.345 e. The van der Waals surface area contributed by atoms with E-state index in [1.54, 1.807) is 37.3 Å². The van der Waals surface area contributed by atoms with Crippen molar-refractivity contribution in [3.63, 3.8) is 0 Å². The minimum absolute atomic E-state index is 0.0844. The number of esters is 1. The Labute approximate surface area is 144 Å². The molecule has 0 atom stereocenters. The highest BCUT2D eigenvalue weighted by Gasteiger charge is 2.47. The summed E-state index contributed by atoms with van der Waals surface area (Å²) in [5.74, 6) is -5.12. The van der Waals surface area contributed by atoms with Gasteiger partial charge in [0.05, 0.1) is 6.61 Å². The minimum atomic E-state index is -3.15. The Balaban J connectivity index is 1.97. The summed E-state index contributed by atoms with van der Waals surface area (Å²) < 4.78 is 39.5. The van der Waals surface area contributed by atoms with Gasteiger partial charge in [-0.05, 0) is 31.9 Å². The van der Waals surface area contributed by atoms with Crippen molar-refractivity contribution in [2.75, 3.05) is 6.61 Å². The van der Waals surface area contributed by atoms with Crippen molar-refractivity contribution in [3.05, 3.63) is 47.9 Å². The van der Waals surface area contributed by atoms with E-state index in [9.17, 15) is 13.6 Å². The van der Waals surface area contributed by atoms with Crippen LogP contribution in [0.3, 0.4) is 0 Å². The SMILES string of the molecule is CCOC(=O)c1cnc(C(F)(F)C2CCC2)nc1Oc1ccccc1. The molecule has 1 aliphatic carbocycles. The summed E-state index contributed by atoms with van der Waals surface area (Å²) in [5, 5.41) is 0. The third-order valence-corrected chi connectivity index (χ3v) is 4.12. The lowest BCUT2D eigenvalue weighted by molar-refractivity contribution is -0.102. The van der Waals surface area contributed by atoms with Gasteiger partial charge >= 0.3 is 11.9 Å². The molecule has 0 unspecified atom stereocenters. The number of para-hydroxylation sites is 1. The quantitative estimate of drug-likeness (QED) is 0.727. The number of ether oxygens (including phenoxy) is 2. The molecule has 1 aromatic heterocycles. The van der Waals surface area contributed by atoms with Crippen LogP contribution in [0.5, 0.6) is 11.6 Å². The maximum atomic E-state index is 14.5. The predicted octanol–water partition coefficient (Wildman–Crippen LogP) is 4.34. The number of rotatable bonds is 6. The van der Waals surface area contributed by atoms with Crippen LogP contribution in [0.1, 0.15) is 42.4 Å². The molecule has 5 nitrogen and oxygen atoms in total. The van der Waals surface area contributed by atoms with Gasteiger partial charge in [-0.25, -0.2) is 9.78 Å². The molecule has 1 aromatic carbocycles. The number of carbonyl (C=O) groups is 1. The van der Waals surface area contributed by atoms with Crippen molar-refractivity contribution >= 4 is 5.97 Å². The third-order valence-electron chi connectivity index (χ3n) is 4.12. The first-order chi connectivity index (χ1) is 12.0. The fraction of sp³-hybridized carbons (Fsp3) is 0.389. The second-order valence-electron chi connectivity index (χ2n) is 5.80. The summed E-state index contributed by atoms with van der Waals surface area (Å²) in [7, 11) is 0. The topological polar surface area (TPSA) is 61.3 Å². The molecule has 0 saturated heterocycles. The van der Waals surface area contributed by atoms with Crippen molar-refractivity contribution in [2.45, 2.75) is 32.1 Å². The van der Waals surface area contributed by atoms with Crippen molar-refractivity contribution in [3.8, 4) is 11.6 Å². The molecule has 132 valence electrons. The summed E-state index contributed by atoms with van der Waals surface area (Å²) >= 11 is 0. The van der Waals surface area contributed by atoms with Gasteiger partial charge in [-0.2, -0.15) is 13.8 Å². The zero-order valence-electron chi connectivity index (χ0n) is 13.7. The lowest BCUT2D eigenvalue weighted by Crippen LogP contribution is -2.33. The zero-order valence-corrected chi connectivity index (χ0v) is 13.7. The molecule has 0 aliphatic heterocycles. The van der Waals surface area contributed by atoms with Gasteiger partial charge in [-0.1, -0.05) is 24.6 Å². The molecule has 2 aromatic rings. The number of nitrogens with zero attached hydrogens (tertiary/aromatic N) is 2. The monoisotopic (exact) mass is 348 g/mol. The van der Waals surface area contributed by atoms with E-state index in [4.69, 9.17) is 9.47 Å². The first-order valence-electron chi connectivity index (χ1n) is 8.17. The highest BCUT2D eigenvalue weighted by atomic mass is 19.3. The maximum absolute atomic E-state index is 14.5. The average Bonchev–Trinajstić information content (AvgIpc) is 2.54. The summed E-state index contributed by atoms with van der Waals surface area (Å²) in [6.07, 6.45) is 2.69. The van der Waals surface area contributed by atoms with E-state index in [2.05, 4.69) is 9.97 Å². The fourth-order valence-corrected chi connectivity index (χ4v) is 2.51. The number of benzene rings is 1. The third kappa shape index (κ3) is 3.60. The molecule has 1 fully saturated rings. The molecule has 0 amide bonds. The minimum Gasteiger partial charge on any atom is -0.462 e. The molecule has 0 spiro atoms. The predicted molar refractivity (Wildman–Crippen MR) is 85.7 cm³/mol. The van der Waals surface area contributed by atoms with E-state index >= 15 is 0 Å². The van der Waals surface area contributed by atoms with Crippen LogP contribution < -0.4 is 4.74 Å². The molecular formula is C18H18F2N2O3. The van der Waals surface area contributed by atoms with Crippen molar-refractivity contribution in [1.29, 1.82) is 0 Å². The van der Waals surface area contributed by atoms with E-state index in [-0.39, 0.29) is 18.1 Å². The number of alkyl halides is 2. The van der Waals surface area contributed by atoms with E-state index in [0.29, 0.717) is 18.6 Å². The Morgan fingerprint density at radius 1 is 1.28 bits per heavy atom. The van der Waals surface area contributed by atoms with Gasteiger partial charge < -0.3 is 9.47 Å². The summed E-state index contributed by atoms with van der Waals surface area (Å²) in [6.45, 7) is 1.79. The first kappa shape index (κ1) is 17.3. The largest absolute Gasteiger partial charge is 0.462 e. The van der Waals surface area contributed by atoms with E-state index in [1.165, 1.54) is 0 Å². The number of carbonyl (C=O) groups excluding carboxylic acids is 1. The van der Waals surface area contributed by atoms with Gasteiger partial charge in [0.1, 0.15) is 11.3 Å². The number of halogens is 2. The molecule has 0 bridgehead atoms. The Bertz CT molecular complexity index is 749. The standard InChI is InChI=1S/C18H18F2N2O3/c1-2-24-16(23)14-11-21-17(18(19,20)12-7-6-8-12)22-15(14)25-13-9-4-3-5-10-13/h3-5,9-12H,2,6-8H2,1H3. The molecule has 25 heavy (non-hydrogen) atoms. The van der Waals surface area contributed by atoms with Crippen LogP contribution >= 0.6 is 0 Å². The fourth-order valence-electron chi connectivity index (χ4n) is 2.51. The van der Waals surface area contributed by atoms with Crippen molar-refractivity contribution in [1.82, 2.24) is 9.97 Å². The van der Waals surface area contributed by atoms with Crippen molar-refractivity contribution in [2.24, 2.45) is 5.92 Å². The van der Waals surface area contributed by atoms with Crippen LogP contribution in [0.2, 0.25) is 0 Å². The van der Waals surface area contributed by atoms with E-state index in [1.807, 2.05) is 0 Å². The van der Waals surface area contributed by atoms with Gasteiger partial charge in [0, 0.05) is 12.1 Å². The molecule has 3 rings (SSSR count). The van der Waals surface area contributed by atoms with Crippen LogP contribution in [0.25, 0.3) is 0 Å². The second kappa shape index (κ2) is 7.13. The van der Waals surface area contributed by atoms with Gasteiger partial charge in [-0.15, -0.1) is 0 Å². The number of hydrogen-bond donors (Lipinski definition) is 0. The lowest BCUT2D eigenvalue weighted by Gasteiger charge is -2.32. The van der Waals surface area contributed by atoms with Gasteiger partial charge in [0.15, 0.2) is 0 Å². The Morgan fingerprint density at radius 2 is 2.00 bits per heavy atom. The second-order valence-corrected chi connectivity index (χ2v) is 5.80. The Morgan fingerprint density at radius 3 is 2.60 bits per heavy atom. The summed E-state index contributed by atoms with van der Waals surface area (Å²) in [4.78, 5) is 19.6.